The number of carbonyl (C=O) groups is 3. The Labute approximate surface area is 228 Å². The van der Waals surface area contributed by atoms with E-state index in [0.717, 1.165) is 12.0 Å². The molecule has 0 aromatic heterocycles. The maximum Gasteiger partial charge on any atom is 0.338 e. The van der Waals surface area contributed by atoms with Crippen LogP contribution in [0, 0.1) is 5.82 Å². The van der Waals surface area contributed by atoms with Crippen LogP contribution in [0.4, 0.5) is 9.18 Å². The SMILES string of the molecule is CCOC(=O)C1=C(CN2CCCN(C(=O)c3ccc(F)cc3)CC2)N(CC)C(=O)NC1c1ccc(OC)cc1. The molecule has 4 rings (SSSR count). The van der Waals surface area contributed by atoms with E-state index in [2.05, 4.69) is 10.2 Å². The second-order valence-corrected chi connectivity index (χ2v) is 9.41. The summed E-state index contributed by atoms with van der Waals surface area (Å²) >= 11 is 0. The molecule has 0 spiro atoms. The third-order valence-electron chi connectivity index (χ3n) is 7.04. The average molecular weight is 539 g/mol. The van der Waals surface area contributed by atoms with E-state index in [9.17, 15) is 18.8 Å². The summed E-state index contributed by atoms with van der Waals surface area (Å²) in [7, 11) is 1.58. The zero-order valence-electron chi connectivity index (χ0n) is 22.6. The van der Waals surface area contributed by atoms with E-state index >= 15 is 0 Å². The van der Waals surface area contributed by atoms with Gasteiger partial charge in [-0.3, -0.25) is 14.6 Å². The maximum atomic E-state index is 13.3. The van der Waals surface area contributed by atoms with Crippen molar-refractivity contribution in [3.05, 3.63) is 76.7 Å². The van der Waals surface area contributed by atoms with E-state index in [1.807, 2.05) is 19.1 Å². The topological polar surface area (TPSA) is 91.4 Å². The lowest BCUT2D eigenvalue weighted by Crippen LogP contribution is -2.51. The molecule has 1 unspecified atom stereocenters. The number of esters is 1. The molecule has 9 nitrogen and oxygen atoms in total. The first kappa shape index (κ1) is 28.1. The molecule has 2 aliphatic heterocycles. The van der Waals surface area contributed by atoms with Gasteiger partial charge < -0.3 is 19.7 Å². The van der Waals surface area contributed by atoms with Crippen molar-refractivity contribution in [2.75, 3.05) is 53.0 Å². The lowest BCUT2D eigenvalue weighted by Gasteiger charge is -2.38. The van der Waals surface area contributed by atoms with Crippen molar-refractivity contribution >= 4 is 17.9 Å². The van der Waals surface area contributed by atoms with Crippen LogP contribution in [0.3, 0.4) is 0 Å². The average Bonchev–Trinajstić information content (AvgIpc) is 3.18. The molecule has 1 N–H and O–H groups in total. The number of halogens is 1. The van der Waals surface area contributed by atoms with Gasteiger partial charge in [-0.05, 0) is 62.2 Å². The minimum Gasteiger partial charge on any atom is -0.497 e. The number of nitrogens with one attached hydrogen (secondary N) is 1. The number of hydrogen-bond acceptors (Lipinski definition) is 6. The summed E-state index contributed by atoms with van der Waals surface area (Å²) in [5.41, 5.74) is 2.18. The van der Waals surface area contributed by atoms with Crippen LogP contribution in [0.15, 0.2) is 59.8 Å². The van der Waals surface area contributed by atoms with E-state index in [1.165, 1.54) is 24.3 Å². The van der Waals surface area contributed by atoms with Crippen molar-refractivity contribution < 1.29 is 28.2 Å². The Bertz CT molecular complexity index is 1220. The second kappa shape index (κ2) is 12.8. The molecule has 2 heterocycles. The smallest absolute Gasteiger partial charge is 0.338 e. The molecular formula is C29H35FN4O5. The van der Waals surface area contributed by atoms with E-state index in [0.29, 0.717) is 61.9 Å². The Hall–Kier alpha value is -3.92. The van der Waals surface area contributed by atoms with Crippen LogP contribution < -0.4 is 10.1 Å². The van der Waals surface area contributed by atoms with Crippen molar-refractivity contribution in [3.8, 4) is 5.75 Å². The highest BCUT2D eigenvalue weighted by Gasteiger charge is 2.38. The molecule has 2 aromatic rings. The number of rotatable bonds is 8. The van der Waals surface area contributed by atoms with Gasteiger partial charge in [0.05, 0.1) is 25.3 Å². The van der Waals surface area contributed by atoms with E-state index < -0.39 is 12.0 Å². The number of hydrogen-bond donors (Lipinski definition) is 1. The number of nitrogens with zero attached hydrogens (tertiary/aromatic N) is 3. The first-order chi connectivity index (χ1) is 18.9. The van der Waals surface area contributed by atoms with Gasteiger partial charge >= 0.3 is 12.0 Å². The molecule has 1 atom stereocenters. The van der Waals surface area contributed by atoms with Crippen molar-refractivity contribution in [2.24, 2.45) is 0 Å². The lowest BCUT2D eigenvalue weighted by molar-refractivity contribution is -0.139. The Morgan fingerprint density at radius 3 is 2.36 bits per heavy atom. The largest absolute Gasteiger partial charge is 0.497 e. The van der Waals surface area contributed by atoms with Gasteiger partial charge in [0.2, 0.25) is 0 Å². The van der Waals surface area contributed by atoms with Gasteiger partial charge in [-0.25, -0.2) is 14.0 Å². The minimum absolute atomic E-state index is 0.143. The number of benzene rings is 2. The molecule has 10 heteroatoms. The van der Waals surface area contributed by atoms with Crippen LogP contribution in [0.1, 0.15) is 42.2 Å². The molecule has 39 heavy (non-hydrogen) atoms. The quantitative estimate of drug-likeness (QED) is 0.517. The number of urea groups is 1. The van der Waals surface area contributed by atoms with Gasteiger partial charge in [0.25, 0.3) is 5.91 Å². The standard InChI is InChI=1S/C29H35FN4O5/c1-4-34-24(19-32-15-6-16-33(18-17-32)27(35)21-7-11-22(30)12-8-21)25(28(36)39-5-2)26(31-29(34)37)20-9-13-23(38-3)14-10-20/h7-14,26H,4-6,15-19H2,1-3H3,(H,31,37). The first-order valence-corrected chi connectivity index (χ1v) is 13.3. The molecule has 0 bridgehead atoms. The van der Waals surface area contributed by atoms with Crippen LogP contribution in [0.5, 0.6) is 5.75 Å². The fraction of sp³-hybridized carbons (Fsp3) is 0.414. The second-order valence-electron chi connectivity index (χ2n) is 9.41. The number of amides is 3. The number of likely N-dealkylation sites (N-methyl/N-ethyl adjacent to an activating group) is 1. The minimum atomic E-state index is -0.677. The third kappa shape index (κ3) is 6.39. The molecule has 0 saturated carbocycles. The monoisotopic (exact) mass is 538 g/mol. The Morgan fingerprint density at radius 2 is 1.72 bits per heavy atom. The summed E-state index contributed by atoms with van der Waals surface area (Å²) < 4.78 is 24.0. The molecule has 3 amide bonds. The molecule has 1 fully saturated rings. The summed E-state index contributed by atoms with van der Waals surface area (Å²) in [6, 6.07) is 11.8. The highest BCUT2D eigenvalue weighted by Crippen LogP contribution is 2.33. The van der Waals surface area contributed by atoms with Crippen LogP contribution in [-0.4, -0.2) is 85.6 Å². The molecule has 0 radical (unpaired) electrons. The molecule has 1 saturated heterocycles. The van der Waals surface area contributed by atoms with E-state index in [1.54, 1.807) is 36.0 Å². The Balaban J connectivity index is 1.61. The normalized spacial score (nSPS) is 18.5. The zero-order chi connectivity index (χ0) is 27.9. The molecule has 0 aliphatic carbocycles. The first-order valence-electron chi connectivity index (χ1n) is 13.3. The summed E-state index contributed by atoms with van der Waals surface area (Å²) in [6.45, 7) is 6.81. The number of carbonyl (C=O) groups excluding carboxylic acids is 3. The summed E-state index contributed by atoms with van der Waals surface area (Å²) in [4.78, 5) is 45.0. The van der Waals surface area contributed by atoms with Gasteiger partial charge in [0.15, 0.2) is 0 Å². The molecule has 2 aromatic carbocycles. The molecule has 2 aliphatic rings. The van der Waals surface area contributed by atoms with Crippen LogP contribution in [0.25, 0.3) is 0 Å². The highest BCUT2D eigenvalue weighted by molar-refractivity contribution is 5.95. The van der Waals surface area contributed by atoms with Gasteiger partial charge in [-0.1, -0.05) is 12.1 Å². The van der Waals surface area contributed by atoms with Gasteiger partial charge in [0.1, 0.15) is 11.6 Å². The van der Waals surface area contributed by atoms with Crippen LogP contribution in [0.2, 0.25) is 0 Å². The van der Waals surface area contributed by atoms with Crippen LogP contribution in [-0.2, 0) is 9.53 Å². The molecular weight excluding hydrogens is 503 g/mol. The van der Waals surface area contributed by atoms with Gasteiger partial charge in [-0.2, -0.15) is 0 Å². The zero-order valence-corrected chi connectivity index (χ0v) is 22.6. The predicted molar refractivity (Wildman–Crippen MR) is 144 cm³/mol. The number of ether oxygens (including phenoxy) is 2. The lowest BCUT2D eigenvalue weighted by atomic mass is 9.94. The van der Waals surface area contributed by atoms with Gasteiger partial charge in [-0.15, -0.1) is 0 Å². The third-order valence-corrected chi connectivity index (χ3v) is 7.04. The summed E-state index contributed by atoms with van der Waals surface area (Å²) in [5.74, 6) is -0.337. The Kier molecular flexibility index (Phi) is 9.19. The Morgan fingerprint density at radius 1 is 1.00 bits per heavy atom. The van der Waals surface area contributed by atoms with Crippen molar-refractivity contribution in [1.29, 1.82) is 0 Å². The highest BCUT2D eigenvalue weighted by atomic mass is 19.1. The van der Waals surface area contributed by atoms with Gasteiger partial charge in [0, 0.05) is 50.5 Å². The summed E-state index contributed by atoms with van der Waals surface area (Å²) in [6.07, 6.45) is 0.717. The summed E-state index contributed by atoms with van der Waals surface area (Å²) in [5, 5.41) is 2.97. The van der Waals surface area contributed by atoms with E-state index in [-0.39, 0.29) is 24.4 Å². The van der Waals surface area contributed by atoms with Crippen LogP contribution >= 0.6 is 0 Å². The van der Waals surface area contributed by atoms with Crippen molar-refractivity contribution in [3.63, 3.8) is 0 Å². The fourth-order valence-electron chi connectivity index (χ4n) is 5.02. The number of methoxy groups -OCH3 is 1. The fourth-order valence-corrected chi connectivity index (χ4v) is 5.02. The van der Waals surface area contributed by atoms with E-state index in [4.69, 9.17) is 9.47 Å². The van der Waals surface area contributed by atoms with Crippen molar-refractivity contribution in [1.82, 2.24) is 20.0 Å². The van der Waals surface area contributed by atoms with Crippen molar-refractivity contribution in [2.45, 2.75) is 26.3 Å². The maximum absolute atomic E-state index is 13.3. The molecule has 208 valence electrons. The predicted octanol–water partition coefficient (Wildman–Crippen LogP) is 3.59.